The van der Waals surface area contributed by atoms with E-state index in [-0.39, 0.29) is 18.5 Å². The summed E-state index contributed by atoms with van der Waals surface area (Å²) in [6.07, 6.45) is 1.28. The number of hydrogen-bond acceptors (Lipinski definition) is 4. The van der Waals surface area contributed by atoms with Crippen LogP contribution in [0, 0.1) is 0 Å². The average molecular weight is 202 g/mol. The lowest BCUT2D eigenvalue weighted by Gasteiger charge is -2.10. The standard InChI is InChI=1S/C9H14O5/c1-13-9(12)7-4-2-6(14-7)3-5-8(10)11/h6-7H,2-5H2,1H3,(H,10,11)/t6-,7+/m1/s1. The molecule has 5 heteroatoms. The minimum Gasteiger partial charge on any atom is -0.481 e. The van der Waals surface area contributed by atoms with Gasteiger partial charge in [0.2, 0.25) is 0 Å². The third kappa shape index (κ3) is 2.99. The molecule has 0 aromatic carbocycles. The zero-order valence-electron chi connectivity index (χ0n) is 8.06. The lowest BCUT2D eigenvalue weighted by molar-refractivity contribution is -0.153. The molecule has 0 unspecified atom stereocenters. The van der Waals surface area contributed by atoms with E-state index in [1.807, 2.05) is 0 Å². The maximum absolute atomic E-state index is 11.0. The molecule has 0 amide bonds. The first-order valence-corrected chi connectivity index (χ1v) is 4.58. The number of esters is 1. The smallest absolute Gasteiger partial charge is 0.334 e. The Bertz CT molecular complexity index is 225. The maximum atomic E-state index is 11.0. The number of carbonyl (C=O) groups is 2. The summed E-state index contributed by atoms with van der Waals surface area (Å²) in [6, 6.07) is 0. The highest BCUT2D eigenvalue weighted by Crippen LogP contribution is 2.23. The van der Waals surface area contributed by atoms with E-state index in [0.717, 1.165) is 6.42 Å². The van der Waals surface area contributed by atoms with Crippen LogP contribution >= 0.6 is 0 Å². The summed E-state index contributed by atoms with van der Waals surface area (Å²) >= 11 is 0. The topological polar surface area (TPSA) is 72.8 Å². The third-order valence-electron chi connectivity index (χ3n) is 2.25. The van der Waals surface area contributed by atoms with Crippen LogP contribution in [0.2, 0.25) is 0 Å². The Kier molecular flexibility index (Phi) is 3.88. The Hall–Kier alpha value is -1.10. The lowest BCUT2D eigenvalue weighted by atomic mass is 10.1. The largest absolute Gasteiger partial charge is 0.481 e. The Morgan fingerprint density at radius 3 is 2.79 bits per heavy atom. The van der Waals surface area contributed by atoms with Gasteiger partial charge in [0.1, 0.15) is 0 Å². The van der Waals surface area contributed by atoms with E-state index in [1.165, 1.54) is 7.11 Å². The number of hydrogen-bond donors (Lipinski definition) is 1. The Balaban J connectivity index is 2.27. The highest BCUT2D eigenvalue weighted by molar-refractivity contribution is 5.74. The predicted molar refractivity (Wildman–Crippen MR) is 46.8 cm³/mol. The van der Waals surface area contributed by atoms with Crippen molar-refractivity contribution in [1.29, 1.82) is 0 Å². The van der Waals surface area contributed by atoms with Gasteiger partial charge in [-0.05, 0) is 19.3 Å². The molecule has 0 aliphatic carbocycles. The maximum Gasteiger partial charge on any atom is 0.334 e. The molecule has 0 spiro atoms. The van der Waals surface area contributed by atoms with Crippen LogP contribution in [0.3, 0.4) is 0 Å². The quantitative estimate of drug-likeness (QED) is 0.675. The van der Waals surface area contributed by atoms with E-state index in [4.69, 9.17) is 9.84 Å². The Morgan fingerprint density at radius 1 is 1.50 bits per heavy atom. The number of methoxy groups -OCH3 is 1. The third-order valence-corrected chi connectivity index (χ3v) is 2.25. The second-order valence-corrected chi connectivity index (χ2v) is 3.28. The molecule has 1 fully saturated rings. The van der Waals surface area contributed by atoms with Gasteiger partial charge in [-0.2, -0.15) is 0 Å². The van der Waals surface area contributed by atoms with E-state index in [1.54, 1.807) is 0 Å². The molecule has 0 aromatic heterocycles. The summed E-state index contributed by atoms with van der Waals surface area (Å²) in [4.78, 5) is 21.3. The summed E-state index contributed by atoms with van der Waals surface area (Å²) in [7, 11) is 1.32. The normalized spacial score (nSPS) is 26.1. The van der Waals surface area contributed by atoms with E-state index < -0.39 is 12.1 Å². The Morgan fingerprint density at radius 2 is 2.21 bits per heavy atom. The van der Waals surface area contributed by atoms with Gasteiger partial charge in [0.05, 0.1) is 13.2 Å². The molecule has 0 bridgehead atoms. The fourth-order valence-corrected chi connectivity index (χ4v) is 1.51. The van der Waals surface area contributed by atoms with Gasteiger partial charge >= 0.3 is 11.9 Å². The highest BCUT2D eigenvalue weighted by atomic mass is 16.6. The molecular formula is C9H14O5. The molecule has 1 saturated heterocycles. The van der Waals surface area contributed by atoms with Crippen molar-refractivity contribution in [3.8, 4) is 0 Å². The van der Waals surface area contributed by atoms with Crippen molar-refractivity contribution in [1.82, 2.24) is 0 Å². The zero-order valence-corrected chi connectivity index (χ0v) is 8.06. The zero-order chi connectivity index (χ0) is 10.6. The van der Waals surface area contributed by atoms with Gasteiger partial charge in [-0.3, -0.25) is 4.79 Å². The molecule has 0 saturated carbocycles. The van der Waals surface area contributed by atoms with Gasteiger partial charge in [0, 0.05) is 6.42 Å². The van der Waals surface area contributed by atoms with Crippen LogP contribution in [0.5, 0.6) is 0 Å². The van der Waals surface area contributed by atoms with Crippen LogP contribution in [0.15, 0.2) is 0 Å². The van der Waals surface area contributed by atoms with E-state index in [9.17, 15) is 9.59 Å². The predicted octanol–water partition coefficient (Wildman–Crippen LogP) is 0.572. The number of aliphatic carboxylic acids is 1. The monoisotopic (exact) mass is 202 g/mol. The Labute approximate surface area is 82.0 Å². The molecule has 5 nitrogen and oxygen atoms in total. The summed E-state index contributed by atoms with van der Waals surface area (Å²) in [5.74, 6) is -1.21. The summed E-state index contributed by atoms with van der Waals surface area (Å²) in [5, 5.41) is 8.45. The molecule has 0 aromatic rings. The van der Waals surface area contributed by atoms with Gasteiger partial charge < -0.3 is 14.6 Å². The summed E-state index contributed by atoms with van der Waals surface area (Å²) in [5.41, 5.74) is 0. The highest BCUT2D eigenvalue weighted by Gasteiger charge is 2.31. The van der Waals surface area contributed by atoms with Gasteiger partial charge in [0.15, 0.2) is 6.10 Å². The lowest BCUT2D eigenvalue weighted by Crippen LogP contribution is -2.22. The first-order valence-electron chi connectivity index (χ1n) is 4.58. The van der Waals surface area contributed by atoms with Crippen LogP contribution in [0.1, 0.15) is 25.7 Å². The van der Waals surface area contributed by atoms with Gasteiger partial charge in [-0.15, -0.1) is 0 Å². The number of carboxylic acid groups (broad SMARTS) is 1. The fraction of sp³-hybridized carbons (Fsp3) is 0.778. The minimum atomic E-state index is -0.838. The molecular weight excluding hydrogens is 188 g/mol. The molecule has 1 heterocycles. The number of carboxylic acids is 1. The van der Waals surface area contributed by atoms with Crippen LogP contribution in [-0.2, 0) is 19.1 Å². The molecule has 80 valence electrons. The molecule has 1 N–H and O–H groups in total. The number of rotatable bonds is 4. The van der Waals surface area contributed by atoms with Crippen molar-refractivity contribution in [2.75, 3.05) is 7.11 Å². The molecule has 1 aliphatic rings. The van der Waals surface area contributed by atoms with E-state index >= 15 is 0 Å². The van der Waals surface area contributed by atoms with E-state index in [2.05, 4.69) is 4.74 Å². The summed E-state index contributed by atoms with van der Waals surface area (Å²) < 4.78 is 9.85. The van der Waals surface area contributed by atoms with Crippen molar-refractivity contribution in [3.63, 3.8) is 0 Å². The second-order valence-electron chi connectivity index (χ2n) is 3.28. The molecule has 1 aliphatic heterocycles. The van der Waals surface area contributed by atoms with Crippen LogP contribution < -0.4 is 0 Å². The number of carbonyl (C=O) groups excluding carboxylic acids is 1. The molecule has 14 heavy (non-hydrogen) atoms. The summed E-state index contributed by atoms with van der Waals surface area (Å²) in [6.45, 7) is 0. The first-order chi connectivity index (χ1) is 6.63. The molecule has 0 radical (unpaired) electrons. The minimum absolute atomic E-state index is 0.0819. The van der Waals surface area contributed by atoms with Crippen molar-refractivity contribution in [2.24, 2.45) is 0 Å². The fourth-order valence-electron chi connectivity index (χ4n) is 1.51. The number of ether oxygens (including phenoxy) is 2. The van der Waals surface area contributed by atoms with Gasteiger partial charge in [-0.25, -0.2) is 4.79 Å². The SMILES string of the molecule is COC(=O)[C@@H]1CC[C@H](CCC(=O)O)O1. The second kappa shape index (κ2) is 4.95. The van der Waals surface area contributed by atoms with Crippen molar-refractivity contribution >= 4 is 11.9 Å². The van der Waals surface area contributed by atoms with Crippen LogP contribution in [-0.4, -0.2) is 36.4 Å². The molecule has 2 atom stereocenters. The van der Waals surface area contributed by atoms with Gasteiger partial charge in [0.25, 0.3) is 0 Å². The van der Waals surface area contributed by atoms with E-state index in [0.29, 0.717) is 12.8 Å². The van der Waals surface area contributed by atoms with Crippen molar-refractivity contribution < 1.29 is 24.2 Å². The molecule has 1 rings (SSSR count). The first kappa shape index (κ1) is 11.0. The van der Waals surface area contributed by atoms with Crippen LogP contribution in [0.25, 0.3) is 0 Å². The van der Waals surface area contributed by atoms with Crippen molar-refractivity contribution in [3.05, 3.63) is 0 Å². The van der Waals surface area contributed by atoms with Crippen molar-refractivity contribution in [2.45, 2.75) is 37.9 Å². The van der Waals surface area contributed by atoms with Gasteiger partial charge in [-0.1, -0.05) is 0 Å². The average Bonchev–Trinajstić information content (AvgIpc) is 2.62. The van der Waals surface area contributed by atoms with Crippen LogP contribution in [0.4, 0.5) is 0 Å².